The Hall–Kier alpha value is -0.810. The van der Waals surface area contributed by atoms with Crippen molar-refractivity contribution in [3.05, 3.63) is 27.7 Å². The van der Waals surface area contributed by atoms with E-state index in [0.29, 0.717) is 41.1 Å². The van der Waals surface area contributed by atoms with Gasteiger partial charge in [-0.1, -0.05) is 49.4 Å². The first kappa shape index (κ1) is 17.0. The summed E-state index contributed by atoms with van der Waals surface area (Å²) in [5, 5.41) is 0.826. The van der Waals surface area contributed by atoms with Gasteiger partial charge in [-0.15, -0.1) is 0 Å². The van der Waals surface area contributed by atoms with E-state index in [1.54, 1.807) is 17.0 Å². The number of carbonyl (C=O) groups is 1. The minimum absolute atomic E-state index is 0.187. The predicted octanol–water partition coefficient (Wildman–Crippen LogP) is 4.51. The van der Waals surface area contributed by atoms with Crippen LogP contribution in [0.3, 0.4) is 0 Å². The second-order valence-electron chi connectivity index (χ2n) is 5.94. The number of nitrogens with zero attached hydrogens (tertiary/aromatic N) is 1. The van der Waals surface area contributed by atoms with Gasteiger partial charge in [0.2, 0.25) is 0 Å². The van der Waals surface area contributed by atoms with Crippen LogP contribution in [0, 0.1) is 0 Å². The summed E-state index contributed by atoms with van der Waals surface area (Å²) >= 11 is 12.6. The molecule has 2 aliphatic heterocycles. The molecular weight excluding hydrogens is 337 g/mol. The topological polar surface area (TPSA) is 38.8 Å². The molecule has 1 aromatic rings. The van der Waals surface area contributed by atoms with Crippen LogP contribution in [-0.4, -0.2) is 25.7 Å². The van der Waals surface area contributed by atoms with Crippen LogP contribution in [0.1, 0.15) is 44.6 Å². The Morgan fingerprint density at radius 2 is 1.91 bits per heavy atom. The lowest BCUT2D eigenvalue weighted by atomic mass is 10.1. The fourth-order valence-corrected chi connectivity index (χ4v) is 3.60. The van der Waals surface area contributed by atoms with E-state index < -0.39 is 5.79 Å². The van der Waals surface area contributed by atoms with Gasteiger partial charge in [0.25, 0.3) is 11.7 Å². The smallest absolute Gasteiger partial charge is 0.292 e. The van der Waals surface area contributed by atoms with Crippen LogP contribution in [0.15, 0.2) is 12.1 Å². The molecule has 0 atom stereocenters. The summed E-state index contributed by atoms with van der Waals surface area (Å²) in [4.78, 5) is 14.7. The molecule has 0 bridgehead atoms. The third kappa shape index (κ3) is 2.86. The van der Waals surface area contributed by atoms with Crippen molar-refractivity contribution in [3.63, 3.8) is 0 Å². The van der Waals surface area contributed by atoms with E-state index in [-0.39, 0.29) is 5.91 Å². The summed E-state index contributed by atoms with van der Waals surface area (Å²) in [7, 11) is 0. The van der Waals surface area contributed by atoms with Crippen molar-refractivity contribution in [1.29, 1.82) is 0 Å². The lowest BCUT2D eigenvalue weighted by Gasteiger charge is -2.32. The van der Waals surface area contributed by atoms with Gasteiger partial charge in [-0.2, -0.15) is 0 Å². The third-order valence-electron chi connectivity index (χ3n) is 4.35. The van der Waals surface area contributed by atoms with Gasteiger partial charge < -0.3 is 14.4 Å². The summed E-state index contributed by atoms with van der Waals surface area (Å²) in [6.07, 6.45) is 5.06. The van der Waals surface area contributed by atoms with Crippen molar-refractivity contribution in [2.24, 2.45) is 0 Å². The molecule has 6 heteroatoms. The van der Waals surface area contributed by atoms with Gasteiger partial charge in [-0.05, 0) is 25.0 Å². The van der Waals surface area contributed by atoms with Crippen LogP contribution in [0.25, 0.3) is 0 Å². The number of unbranched alkanes of at least 4 members (excludes halogenated alkanes) is 3. The Labute approximate surface area is 146 Å². The standard InChI is InChI=1S/C17H21Cl2NO3/c1-2-3-4-5-9-20-15-12(7-8-13(18)14(15)19)17(16(20)21)22-10-6-11-23-17/h7-8H,2-6,9-11H2,1H3. The van der Waals surface area contributed by atoms with Gasteiger partial charge in [-0.3, -0.25) is 4.79 Å². The molecule has 0 aliphatic carbocycles. The Morgan fingerprint density at radius 1 is 1.17 bits per heavy atom. The molecule has 0 radical (unpaired) electrons. The second-order valence-corrected chi connectivity index (χ2v) is 6.73. The van der Waals surface area contributed by atoms with Gasteiger partial charge in [0.15, 0.2) is 0 Å². The van der Waals surface area contributed by atoms with Crippen LogP contribution in [0.5, 0.6) is 0 Å². The average Bonchev–Trinajstić information content (AvgIpc) is 2.78. The number of benzene rings is 1. The minimum Gasteiger partial charge on any atom is -0.338 e. The number of amides is 1. The number of halogens is 2. The zero-order chi connectivity index (χ0) is 16.4. The molecule has 0 aromatic heterocycles. The molecule has 23 heavy (non-hydrogen) atoms. The fraction of sp³-hybridized carbons (Fsp3) is 0.588. The zero-order valence-electron chi connectivity index (χ0n) is 13.2. The number of rotatable bonds is 5. The Morgan fingerprint density at radius 3 is 2.61 bits per heavy atom. The van der Waals surface area contributed by atoms with Crippen LogP contribution in [0.4, 0.5) is 5.69 Å². The molecule has 0 N–H and O–H groups in total. The van der Waals surface area contributed by atoms with E-state index in [9.17, 15) is 4.79 Å². The van der Waals surface area contributed by atoms with Crippen molar-refractivity contribution < 1.29 is 14.3 Å². The molecule has 1 amide bonds. The van der Waals surface area contributed by atoms with E-state index >= 15 is 0 Å². The lowest BCUT2D eigenvalue weighted by molar-refractivity contribution is -0.256. The van der Waals surface area contributed by atoms with E-state index in [1.807, 2.05) is 0 Å². The quantitative estimate of drug-likeness (QED) is 0.727. The largest absolute Gasteiger partial charge is 0.338 e. The Balaban J connectivity index is 1.96. The first-order valence-electron chi connectivity index (χ1n) is 8.20. The maximum Gasteiger partial charge on any atom is 0.292 e. The molecule has 1 fully saturated rings. The van der Waals surface area contributed by atoms with Gasteiger partial charge in [-0.25, -0.2) is 0 Å². The highest BCUT2D eigenvalue weighted by Gasteiger charge is 2.55. The zero-order valence-corrected chi connectivity index (χ0v) is 14.8. The van der Waals surface area contributed by atoms with Crippen molar-refractivity contribution in [2.45, 2.75) is 44.8 Å². The molecular formula is C17H21Cl2NO3. The Kier molecular flexibility index (Phi) is 5.16. The first-order chi connectivity index (χ1) is 11.1. The molecule has 2 heterocycles. The minimum atomic E-state index is -1.34. The van der Waals surface area contributed by atoms with Crippen molar-refractivity contribution in [1.82, 2.24) is 0 Å². The monoisotopic (exact) mass is 357 g/mol. The number of ether oxygens (including phenoxy) is 2. The first-order valence-corrected chi connectivity index (χ1v) is 8.95. The van der Waals surface area contributed by atoms with Crippen LogP contribution in [0.2, 0.25) is 10.0 Å². The van der Waals surface area contributed by atoms with E-state index in [1.165, 1.54) is 0 Å². The van der Waals surface area contributed by atoms with Crippen molar-refractivity contribution in [3.8, 4) is 0 Å². The summed E-state index contributed by atoms with van der Waals surface area (Å²) < 4.78 is 11.6. The number of anilines is 1. The average molecular weight is 358 g/mol. The number of fused-ring (bicyclic) bond motifs is 2. The highest BCUT2D eigenvalue weighted by molar-refractivity contribution is 6.44. The van der Waals surface area contributed by atoms with Gasteiger partial charge in [0.05, 0.1) is 28.9 Å². The van der Waals surface area contributed by atoms with Crippen molar-refractivity contribution >= 4 is 34.8 Å². The van der Waals surface area contributed by atoms with Crippen LogP contribution < -0.4 is 4.90 Å². The fourth-order valence-electron chi connectivity index (χ4n) is 3.19. The summed E-state index contributed by atoms with van der Waals surface area (Å²) in [5.41, 5.74) is 1.31. The molecule has 2 aliphatic rings. The van der Waals surface area contributed by atoms with Gasteiger partial charge >= 0.3 is 0 Å². The molecule has 0 unspecified atom stereocenters. The molecule has 126 valence electrons. The number of hydrogen-bond acceptors (Lipinski definition) is 3. The highest BCUT2D eigenvalue weighted by atomic mass is 35.5. The molecule has 3 rings (SSSR count). The van der Waals surface area contributed by atoms with Gasteiger partial charge in [0.1, 0.15) is 0 Å². The van der Waals surface area contributed by atoms with E-state index in [4.69, 9.17) is 32.7 Å². The summed E-state index contributed by atoms with van der Waals surface area (Å²) in [6.45, 7) is 3.75. The van der Waals surface area contributed by atoms with Crippen molar-refractivity contribution in [2.75, 3.05) is 24.7 Å². The molecule has 0 saturated carbocycles. The van der Waals surface area contributed by atoms with Gasteiger partial charge in [0, 0.05) is 12.1 Å². The molecule has 1 aromatic carbocycles. The number of hydrogen-bond donors (Lipinski definition) is 0. The summed E-state index contributed by atoms with van der Waals surface area (Å²) in [6, 6.07) is 3.48. The normalized spacial score (nSPS) is 19.4. The highest BCUT2D eigenvalue weighted by Crippen LogP contribution is 2.50. The lowest BCUT2D eigenvalue weighted by Crippen LogP contribution is -2.47. The molecule has 1 saturated heterocycles. The van der Waals surface area contributed by atoms with Crippen LogP contribution in [-0.2, 0) is 20.1 Å². The second kappa shape index (κ2) is 6.98. The molecule has 4 nitrogen and oxygen atoms in total. The number of carbonyl (C=O) groups excluding carboxylic acids is 1. The Bertz CT molecular complexity index is 600. The maximum absolute atomic E-state index is 13.0. The predicted molar refractivity (Wildman–Crippen MR) is 91.2 cm³/mol. The van der Waals surface area contributed by atoms with E-state index in [2.05, 4.69) is 6.92 Å². The van der Waals surface area contributed by atoms with E-state index in [0.717, 1.165) is 32.1 Å². The molecule has 1 spiro atoms. The summed E-state index contributed by atoms with van der Waals surface area (Å²) in [5.74, 6) is -1.53. The van der Waals surface area contributed by atoms with Crippen LogP contribution >= 0.6 is 23.2 Å². The maximum atomic E-state index is 13.0. The third-order valence-corrected chi connectivity index (χ3v) is 5.15. The SMILES string of the molecule is CCCCCCN1C(=O)C2(OCCCO2)c2ccc(Cl)c(Cl)c21.